The first-order valence-corrected chi connectivity index (χ1v) is 12.0. The van der Waals surface area contributed by atoms with Crippen LogP contribution < -0.4 is 14.8 Å². The quantitative estimate of drug-likeness (QED) is 0.480. The van der Waals surface area contributed by atoms with Gasteiger partial charge in [-0.05, 0) is 61.7 Å². The van der Waals surface area contributed by atoms with Crippen LogP contribution in [-0.4, -0.2) is 27.0 Å². The average Bonchev–Trinajstić information content (AvgIpc) is 2.79. The van der Waals surface area contributed by atoms with Crippen molar-refractivity contribution in [3.8, 4) is 5.75 Å². The summed E-state index contributed by atoms with van der Waals surface area (Å²) in [6, 6.07) is 23.3. The molecule has 3 rings (SSSR count). The van der Waals surface area contributed by atoms with E-state index in [2.05, 4.69) is 10.0 Å². The molecule has 0 spiro atoms. The smallest absolute Gasteiger partial charge is 0.265 e. The Morgan fingerprint density at radius 2 is 1.59 bits per heavy atom. The molecule has 1 atom stereocenters. The number of sulfonamides is 1. The standard InChI is InChI=1S/C25H28N2O4S/c1-3-24(31-22-13-9-19(2)10-14-22)25(28)27-21-11-15-23(16-12-21)32(29,30)26-18-17-20-7-5-4-6-8-20/h4-16,24,26H,3,17-18H2,1-2H3,(H,27,28)/t24-/m0/s1. The van der Waals surface area contributed by atoms with Gasteiger partial charge in [-0.3, -0.25) is 4.79 Å². The molecule has 0 fully saturated rings. The van der Waals surface area contributed by atoms with Crippen molar-refractivity contribution in [1.82, 2.24) is 4.72 Å². The Bertz CT molecular complexity index is 1110. The molecule has 0 aromatic heterocycles. The molecule has 7 heteroatoms. The summed E-state index contributed by atoms with van der Waals surface area (Å²) in [5.41, 5.74) is 2.68. The van der Waals surface area contributed by atoms with E-state index in [1.54, 1.807) is 12.1 Å². The lowest BCUT2D eigenvalue weighted by Crippen LogP contribution is -2.32. The van der Waals surface area contributed by atoms with Crippen molar-refractivity contribution in [3.63, 3.8) is 0 Å². The summed E-state index contributed by atoms with van der Waals surface area (Å²) in [6.45, 7) is 4.16. The summed E-state index contributed by atoms with van der Waals surface area (Å²) in [5.74, 6) is 0.338. The van der Waals surface area contributed by atoms with E-state index in [-0.39, 0.29) is 10.8 Å². The van der Waals surface area contributed by atoms with Crippen LogP contribution in [0.5, 0.6) is 5.75 Å². The summed E-state index contributed by atoms with van der Waals surface area (Å²) in [6.07, 6.45) is 0.450. The molecule has 0 aliphatic heterocycles. The van der Waals surface area contributed by atoms with Crippen molar-refractivity contribution in [2.75, 3.05) is 11.9 Å². The molecule has 0 saturated carbocycles. The van der Waals surface area contributed by atoms with Gasteiger partial charge in [0.1, 0.15) is 5.75 Å². The van der Waals surface area contributed by atoms with Gasteiger partial charge < -0.3 is 10.1 Å². The maximum absolute atomic E-state index is 12.6. The molecule has 3 aromatic rings. The Balaban J connectivity index is 1.56. The Kier molecular flexibility index (Phi) is 8.03. The van der Waals surface area contributed by atoms with Crippen LogP contribution in [0, 0.1) is 6.92 Å². The first kappa shape index (κ1) is 23.5. The zero-order valence-electron chi connectivity index (χ0n) is 18.2. The van der Waals surface area contributed by atoms with Gasteiger partial charge in [-0.2, -0.15) is 0 Å². The van der Waals surface area contributed by atoms with E-state index in [1.807, 2.05) is 68.4 Å². The van der Waals surface area contributed by atoms with Gasteiger partial charge in [0.15, 0.2) is 6.10 Å². The van der Waals surface area contributed by atoms with Crippen molar-refractivity contribution in [1.29, 1.82) is 0 Å². The Morgan fingerprint density at radius 1 is 0.938 bits per heavy atom. The highest BCUT2D eigenvalue weighted by molar-refractivity contribution is 7.89. The number of amides is 1. The van der Waals surface area contributed by atoms with Crippen LogP contribution in [0.4, 0.5) is 5.69 Å². The van der Waals surface area contributed by atoms with E-state index in [0.717, 1.165) is 11.1 Å². The molecule has 0 aliphatic carbocycles. The number of carbonyl (C=O) groups is 1. The highest BCUT2D eigenvalue weighted by Crippen LogP contribution is 2.18. The van der Waals surface area contributed by atoms with Crippen LogP contribution >= 0.6 is 0 Å². The minimum atomic E-state index is -3.63. The Hall–Kier alpha value is -3.16. The fourth-order valence-electron chi connectivity index (χ4n) is 3.10. The SMILES string of the molecule is CC[C@H](Oc1ccc(C)cc1)C(=O)Nc1ccc(S(=O)(=O)NCCc2ccccc2)cc1. The number of carbonyl (C=O) groups excluding carboxylic acids is 1. The van der Waals surface area contributed by atoms with Crippen molar-refractivity contribution < 1.29 is 17.9 Å². The molecule has 0 radical (unpaired) electrons. The lowest BCUT2D eigenvalue weighted by atomic mass is 10.2. The summed E-state index contributed by atoms with van der Waals surface area (Å²) >= 11 is 0. The third kappa shape index (κ3) is 6.67. The Labute approximate surface area is 189 Å². The van der Waals surface area contributed by atoms with Gasteiger partial charge in [0, 0.05) is 12.2 Å². The zero-order valence-corrected chi connectivity index (χ0v) is 19.1. The van der Waals surface area contributed by atoms with Crippen molar-refractivity contribution in [2.24, 2.45) is 0 Å². The molecule has 0 aliphatic rings. The van der Waals surface area contributed by atoms with Crippen molar-refractivity contribution in [3.05, 3.63) is 90.0 Å². The molecule has 3 aromatic carbocycles. The van der Waals surface area contributed by atoms with E-state index in [0.29, 0.717) is 30.8 Å². The van der Waals surface area contributed by atoms with E-state index < -0.39 is 16.1 Å². The van der Waals surface area contributed by atoms with Crippen molar-refractivity contribution in [2.45, 2.75) is 37.7 Å². The van der Waals surface area contributed by atoms with Gasteiger partial charge in [0.2, 0.25) is 10.0 Å². The van der Waals surface area contributed by atoms with Crippen LogP contribution in [0.3, 0.4) is 0 Å². The predicted octanol–water partition coefficient (Wildman–Crippen LogP) is 4.31. The van der Waals surface area contributed by atoms with E-state index in [4.69, 9.17) is 4.74 Å². The van der Waals surface area contributed by atoms with Gasteiger partial charge in [-0.15, -0.1) is 0 Å². The lowest BCUT2D eigenvalue weighted by Gasteiger charge is -2.17. The second kappa shape index (κ2) is 10.9. The van der Waals surface area contributed by atoms with Gasteiger partial charge in [0.05, 0.1) is 4.90 Å². The molecule has 0 heterocycles. The van der Waals surface area contributed by atoms with Gasteiger partial charge >= 0.3 is 0 Å². The van der Waals surface area contributed by atoms with Gasteiger partial charge in [-0.1, -0.05) is 55.0 Å². The first-order chi connectivity index (χ1) is 15.4. The summed E-state index contributed by atoms with van der Waals surface area (Å²) in [4.78, 5) is 12.8. The number of ether oxygens (including phenoxy) is 1. The largest absolute Gasteiger partial charge is 0.481 e. The summed E-state index contributed by atoms with van der Waals surface area (Å²) in [5, 5.41) is 2.79. The summed E-state index contributed by atoms with van der Waals surface area (Å²) in [7, 11) is -3.63. The van der Waals surface area contributed by atoms with Gasteiger partial charge in [0.25, 0.3) is 5.91 Å². The number of hydrogen-bond acceptors (Lipinski definition) is 4. The molecule has 0 saturated heterocycles. The minimum absolute atomic E-state index is 0.145. The second-order valence-electron chi connectivity index (χ2n) is 7.47. The molecule has 6 nitrogen and oxygen atoms in total. The number of aryl methyl sites for hydroxylation is 1. The number of anilines is 1. The van der Waals surface area contributed by atoms with Crippen LogP contribution in [0.2, 0.25) is 0 Å². The van der Waals surface area contributed by atoms with E-state index >= 15 is 0 Å². The number of rotatable bonds is 10. The molecule has 1 amide bonds. The average molecular weight is 453 g/mol. The lowest BCUT2D eigenvalue weighted by molar-refractivity contribution is -0.122. The monoisotopic (exact) mass is 452 g/mol. The fourth-order valence-corrected chi connectivity index (χ4v) is 4.13. The predicted molar refractivity (Wildman–Crippen MR) is 126 cm³/mol. The van der Waals surface area contributed by atoms with E-state index in [9.17, 15) is 13.2 Å². The molecule has 168 valence electrons. The second-order valence-corrected chi connectivity index (χ2v) is 9.24. The number of hydrogen-bond donors (Lipinski definition) is 2. The normalized spacial score (nSPS) is 12.2. The number of nitrogens with one attached hydrogen (secondary N) is 2. The van der Waals surface area contributed by atoms with Crippen molar-refractivity contribution >= 4 is 21.6 Å². The minimum Gasteiger partial charge on any atom is -0.481 e. The zero-order chi connectivity index (χ0) is 23.0. The van der Waals surface area contributed by atoms with Crippen LogP contribution in [0.15, 0.2) is 83.8 Å². The third-order valence-corrected chi connectivity index (χ3v) is 6.42. The summed E-state index contributed by atoms with van der Waals surface area (Å²) < 4.78 is 33.4. The highest BCUT2D eigenvalue weighted by Gasteiger charge is 2.19. The fraction of sp³-hybridized carbons (Fsp3) is 0.240. The highest BCUT2D eigenvalue weighted by atomic mass is 32.2. The third-order valence-electron chi connectivity index (χ3n) is 4.94. The molecular formula is C25H28N2O4S. The van der Waals surface area contributed by atoms with Crippen LogP contribution in [-0.2, 0) is 21.2 Å². The van der Waals surface area contributed by atoms with E-state index in [1.165, 1.54) is 12.1 Å². The number of benzene rings is 3. The maximum atomic E-state index is 12.6. The van der Waals surface area contributed by atoms with Gasteiger partial charge in [-0.25, -0.2) is 13.1 Å². The molecule has 0 bridgehead atoms. The molecular weight excluding hydrogens is 424 g/mol. The van der Waals surface area contributed by atoms with Crippen LogP contribution in [0.25, 0.3) is 0 Å². The van der Waals surface area contributed by atoms with Crippen LogP contribution in [0.1, 0.15) is 24.5 Å². The molecule has 0 unspecified atom stereocenters. The first-order valence-electron chi connectivity index (χ1n) is 10.6. The Morgan fingerprint density at radius 3 is 2.22 bits per heavy atom. The maximum Gasteiger partial charge on any atom is 0.265 e. The molecule has 2 N–H and O–H groups in total. The molecule has 32 heavy (non-hydrogen) atoms. The topological polar surface area (TPSA) is 84.5 Å².